The third-order valence-corrected chi connectivity index (χ3v) is 1.00. The van der Waals surface area contributed by atoms with Crippen molar-refractivity contribution < 1.29 is 22.4 Å². The van der Waals surface area contributed by atoms with E-state index in [1.807, 2.05) is 5.92 Å². The van der Waals surface area contributed by atoms with Crippen LogP contribution in [0.15, 0.2) is 0 Å². The molecule has 0 aliphatic rings. The first-order chi connectivity index (χ1) is 5.99. The van der Waals surface area contributed by atoms with E-state index in [2.05, 4.69) is 0 Å². The zero-order valence-electron chi connectivity index (χ0n) is 7.52. The SMILES string of the molecule is CCOC(C#C[B-](F)(F)F)OCC. The van der Waals surface area contributed by atoms with Gasteiger partial charge < -0.3 is 22.4 Å². The predicted molar refractivity (Wildman–Crippen MR) is 43.9 cm³/mol. The first-order valence-electron chi connectivity index (χ1n) is 3.94. The van der Waals surface area contributed by atoms with Crippen LogP contribution in [0.25, 0.3) is 0 Å². The minimum atomic E-state index is -5.08. The Hall–Kier alpha value is -0.665. The largest absolute Gasteiger partial charge is 0.557 e. The molecule has 0 unspecified atom stereocenters. The molecule has 0 radical (unpaired) electrons. The van der Waals surface area contributed by atoms with Gasteiger partial charge in [-0.3, -0.25) is 0 Å². The van der Waals surface area contributed by atoms with Gasteiger partial charge >= 0.3 is 6.98 Å². The van der Waals surface area contributed by atoms with Crippen molar-refractivity contribution in [3.63, 3.8) is 0 Å². The quantitative estimate of drug-likeness (QED) is 0.386. The highest BCUT2D eigenvalue weighted by molar-refractivity contribution is 6.67. The number of hydrogen-bond donors (Lipinski definition) is 0. The Morgan fingerprint density at radius 1 is 1.15 bits per heavy atom. The van der Waals surface area contributed by atoms with Crippen LogP contribution in [-0.2, 0) is 9.47 Å². The fourth-order valence-electron chi connectivity index (χ4n) is 0.597. The first kappa shape index (κ1) is 12.3. The summed E-state index contributed by atoms with van der Waals surface area (Å²) in [6.07, 6.45) is -1.07. The van der Waals surface area contributed by atoms with Crippen LogP contribution in [0.2, 0.25) is 0 Å². The van der Waals surface area contributed by atoms with E-state index in [0.29, 0.717) is 0 Å². The molecule has 0 bridgehead atoms. The highest BCUT2D eigenvalue weighted by Gasteiger charge is 2.18. The summed E-state index contributed by atoms with van der Waals surface area (Å²) in [6, 6.07) is 0. The number of ether oxygens (including phenoxy) is 2. The van der Waals surface area contributed by atoms with Crippen LogP contribution in [0.3, 0.4) is 0 Å². The van der Waals surface area contributed by atoms with E-state index in [0.717, 1.165) is 5.82 Å². The second kappa shape index (κ2) is 5.89. The number of rotatable bonds is 4. The maximum atomic E-state index is 11.7. The summed E-state index contributed by atoms with van der Waals surface area (Å²) in [4.78, 5) is 0. The molecule has 0 atom stereocenters. The van der Waals surface area contributed by atoms with E-state index in [4.69, 9.17) is 9.47 Å². The molecule has 0 aromatic rings. The van der Waals surface area contributed by atoms with Crippen LogP contribution in [0.4, 0.5) is 12.9 Å². The van der Waals surface area contributed by atoms with Crippen molar-refractivity contribution in [2.75, 3.05) is 13.2 Å². The fraction of sp³-hybridized carbons (Fsp3) is 0.714. The number of hydrogen-bond acceptors (Lipinski definition) is 2. The van der Waals surface area contributed by atoms with Gasteiger partial charge in [0.05, 0.1) is 0 Å². The molecular weight excluding hydrogens is 184 g/mol. The van der Waals surface area contributed by atoms with E-state index in [-0.39, 0.29) is 13.2 Å². The van der Waals surface area contributed by atoms with Crippen LogP contribution in [0.5, 0.6) is 0 Å². The summed E-state index contributed by atoms with van der Waals surface area (Å²) >= 11 is 0. The van der Waals surface area contributed by atoms with Gasteiger partial charge in [-0.1, -0.05) is 5.92 Å². The van der Waals surface area contributed by atoms with Crippen LogP contribution in [0.1, 0.15) is 13.8 Å². The zero-order chi connectivity index (χ0) is 10.3. The highest BCUT2D eigenvalue weighted by Crippen LogP contribution is 2.05. The van der Waals surface area contributed by atoms with Gasteiger partial charge in [-0.15, -0.1) is 0 Å². The van der Waals surface area contributed by atoms with E-state index in [1.165, 1.54) is 0 Å². The summed E-state index contributed by atoms with van der Waals surface area (Å²) in [5.74, 6) is 3.02. The maximum Gasteiger partial charge on any atom is 0.557 e. The van der Waals surface area contributed by atoms with Gasteiger partial charge in [-0.25, -0.2) is 0 Å². The lowest BCUT2D eigenvalue weighted by Gasteiger charge is -2.11. The van der Waals surface area contributed by atoms with E-state index < -0.39 is 13.3 Å². The predicted octanol–water partition coefficient (Wildman–Crippen LogP) is 1.78. The Balaban J connectivity index is 4.12. The Kier molecular flexibility index (Phi) is 5.59. The van der Waals surface area contributed by atoms with Crippen LogP contribution >= 0.6 is 0 Å². The summed E-state index contributed by atoms with van der Waals surface area (Å²) in [7, 11) is 0. The van der Waals surface area contributed by atoms with Crippen LogP contribution < -0.4 is 0 Å². The lowest BCUT2D eigenvalue weighted by molar-refractivity contribution is -0.0970. The standard InChI is InChI=1S/C7H11BF3O2/c1-3-12-7(13-4-2)5-6-8(9,10)11/h7H,3-4H2,1-2H3/q-1. The van der Waals surface area contributed by atoms with Crippen molar-refractivity contribution in [2.24, 2.45) is 0 Å². The van der Waals surface area contributed by atoms with Crippen LogP contribution in [0, 0.1) is 11.7 Å². The molecule has 0 aliphatic heterocycles. The van der Waals surface area contributed by atoms with Crippen LogP contribution in [-0.4, -0.2) is 26.5 Å². The Bertz CT molecular complexity index is 188. The van der Waals surface area contributed by atoms with Crippen molar-refractivity contribution in [3.8, 4) is 11.7 Å². The summed E-state index contributed by atoms with van der Waals surface area (Å²) in [6.45, 7) is -1.23. The Morgan fingerprint density at radius 2 is 1.62 bits per heavy atom. The lowest BCUT2D eigenvalue weighted by Crippen LogP contribution is -2.18. The molecule has 0 spiro atoms. The summed E-state index contributed by atoms with van der Waals surface area (Å²) < 4.78 is 44.6. The molecule has 6 heteroatoms. The second-order valence-electron chi connectivity index (χ2n) is 2.11. The minimum absolute atomic E-state index is 0.268. The highest BCUT2D eigenvalue weighted by atomic mass is 19.4. The topological polar surface area (TPSA) is 18.5 Å². The Morgan fingerprint density at radius 3 is 1.92 bits per heavy atom. The van der Waals surface area contributed by atoms with Crippen molar-refractivity contribution in [1.29, 1.82) is 0 Å². The molecule has 0 saturated heterocycles. The van der Waals surface area contributed by atoms with Gasteiger partial charge in [-0.05, 0) is 13.8 Å². The van der Waals surface area contributed by atoms with E-state index in [9.17, 15) is 12.9 Å². The molecule has 13 heavy (non-hydrogen) atoms. The molecule has 0 saturated carbocycles. The molecule has 0 rings (SSSR count). The van der Waals surface area contributed by atoms with Gasteiger partial charge in [0.15, 0.2) is 0 Å². The first-order valence-corrected chi connectivity index (χ1v) is 3.94. The van der Waals surface area contributed by atoms with Gasteiger partial charge in [0.25, 0.3) is 0 Å². The smallest absolute Gasteiger partial charge is 0.438 e. The third-order valence-electron chi connectivity index (χ3n) is 1.00. The third kappa shape index (κ3) is 7.69. The molecule has 0 aliphatic carbocycles. The fourth-order valence-corrected chi connectivity index (χ4v) is 0.597. The van der Waals surface area contributed by atoms with E-state index >= 15 is 0 Å². The number of halogens is 3. The summed E-state index contributed by atoms with van der Waals surface area (Å²) in [5, 5.41) is 0. The van der Waals surface area contributed by atoms with Crippen molar-refractivity contribution in [2.45, 2.75) is 20.1 Å². The molecule has 0 fully saturated rings. The molecule has 0 aromatic carbocycles. The molecule has 2 nitrogen and oxygen atoms in total. The molecule has 76 valence electrons. The molecule has 0 amide bonds. The maximum absolute atomic E-state index is 11.7. The second-order valence-corrected chi connectivity index (χ2v) is 2.11. The normalized spacial score (nSPS) is 11.2. The molecule has 0 aromatic heterocycles. The molecular formula is C7H11BF3O2-. The van der Waals surface area contributed by atoms with Gasteiger partial charge in [-0.2, -0.15) is 5.82 Å². The van der Waals surface area contributed by atoms with Crippen molar-refractivity contribution in [3.05, 3.63) is 0 Å². The average molecular weight is 195 g/mol. The van der Waals surface area contributed by atoms with Gasteiger partial charge in [0.2, 0.25) is 6.29 Å². The van der Waals surface area contributed by atoms with E-state index in [1.54, 1.807) is 13.8 Å². The Labute approximate surface area is 75.5 Å². The van der Waals surface area contributed by atoms with Crippen molar-refractivity contribution in [1.82, 2.24) is 0 Å². The lowest BCUT2D eigenvalue weighted by atomic mass is 9.94. The van der Waals surface area contributed by atoms with Crippen molar-refractivity contribution >= 4 is 6.98 Å². The monoisotopic (exact) mass is 195 g/mol. The average Bonchev–Trinajstić information content (AvgIpc) is 2.00. The minimum Gasteiger partial charge on any atom is -0.438 e. The molecule has 0 heterocycles. The summed E-state index contributed by atoms with van der Waals surface area (Å²) in [5.41, 5.74) is 0. The van der Waals surface area contributed by atoms with Gasteiger partial charge in [0, 0.05) is 13.2 Å². The van der Waals surface area contributed by atoms with Gasteiger partial charge in [0.1, 0.15) is 0 Å². The molecule has 0 N–H and O–H groups in total. The zero-order valence-corrected chi connectivity index (χ0v) is 7.52.